The van der Waals surface area contributed by atoms with Crippen molar-refractivity contribution in [3.63, 3.8) is 0 Å². The maximum absolute atomic E-state index is 5.51. The van der Waals surface area contributed by atoms with Crippen LogP contribution in [-0.4, -0.2) is 0 Å². The number of hydrogen-bond acceptors (Lipinski definition) is 1. The Morgan fingerprint density at radius 2 is 1.69 bits per heavy atom. The normalized spacial score (nSPS) is 15.5. The van der Waals surface area contributed by atoms with Gasteiger partial charge in [0, 0.05) is 0 Å². The van der Waals surface area contributed by atoms with Crippen molar-refractivity contribution in [1.82, 2.24) is 0 Å². The van der Waals surface area contributed by atoms with E-state index < -0.39 is 0 Å². The van der Waals surface area contributed by atoms with Gasteiger partial charge in [-0.3, -0.25) is 0 Å². The van der Waals surface area contributed by atoms with Crippen molar-refractivity contribution < 1.29 is 4.42 Å². The van der Waals surface area contributed by atoms with Crippen molar-refractivity contribution in [1.29, 1.82) is 0 Å². The Bertz CT molecular complexity index is 372. The molecule has 0 N–H and O–H groups in total. The maximum Gasteiger partial charge on any atom is 0.127 e. The number of rotatable bonds is 0. The molecule has 1 nitrogen and oxygen atoms in total. The Morgan fingerprint density at radius 1 is 1.00 bits per heavy atom. The van der Waals surface area contributed by atoms with Gasteiger partial charge >= 0.3 is 0 Å². The first kappa shape index (κ1) is 8.36. The van der Waals surface area contributed by atoms with Crippen LogP contribution in [0.4, 0.5) is 0 Å². The third-order valence-electron chi connectivity index (χ3n) is 2.24. The van der Waals surface area contributed by atoms with Crippen LogP contribution in [0.25, 0.3) is 12.2 Å². The second-order valence-corrected chi connectivity index (χ2v) is 4.42. The molecule has 2 bridgehead atoms. The fourth-order valence-electron chi connectivity index (χ4n) is 1.38. The summed E-state index contributed by atoms with van der Waals surface area (Å²) in [4.78, 5) is 0. The first-order valence-electron chi connectivity index (χ1n) is 4.56. The lowest BCUT2D eigenvalue weighted by Gasteiger charge is -2.19. The molecule has 0 aromatic carbocycles. The van der Waals surface area contributed by atoms with Gasteiger partial charge in [0.25, 0.3) is 0 Å². The van der Waals surface area contributed by atoms with Gasteiger partial charge in [0.1, 0.15) is 11.5 Å². The lowest BCUT2D eigenvalue weighted by atomic mass is 9.85. The van der Waals surface area contributed by atoms with Crippen LogP contribution in [0.3, 0.4) is 0 Å². The zero-order chi connectivity index (χ0) is 9.47. The predicted molar refractivity (Wildman–Crippen MR) is 55.2 cm³/mol. The van der Waals surface area contributed by atoms with E-state index in [9.17, 15) is 0 Å². The molecule has 0 radical (unpaired) electrons. The summed E-state index contributed by atoms with van der Waals surface area (Å²) in [5.74, 6) is 1.88. The lowest BCUT2D eigenvalue weighted by Crippen LogP contribution is -2.06. The molecule has 68 valence electrons. The highest BCUT2D eigenvalue weighted by Crippen LogP contribution is 2.31. The number of fused-ring (bicyclic) bond motifs is 2. The van der Waals surface area contributed by atoms with E-state index in [2.05, 4.69) is 32.9 Å². The molecule has 1 aromatic rings. The molecule has 1 heteroatoms. The molecule has 0 fully saturated rings. The van der Waals surface area contributed by atoms with Crippen LogP contribution in [0, 0.1) is 5.41 Å². The van der Waals surface area contributed by atoms with E-state index in [-0.39, 0.29) is 5.41 Å². The van der Waals surface area contributed by atoms with Crippen LogP contribution < -0.4 is 0 Å². The van der Waals surface area contributed by atoms with E-state index in [1.807, 2.05) is 18.2 Å². The highest BCUT2D eigenvalue weighted by atomic mass is 16.3. The van der Waals surface area contributed by atoms with Crippen LogP contribution in [0.2, 0.25) is 0 Å². The van der Waals surface area contributed by atoms with Crippen LogP contribution >= 0.6 is 0 Å². The molecule has 0 atom stereocenters. The molecule has 1 aliphatic rings. The zero-order valence-electron chi connectivity index (χ0n) is 8.29. The summed E-state index contributed by atoms with van der Waals surface area (Å²) in [6.45, 7) is 6.62. The van der Waals surface area contributed by atoms with Crippen molar-refractivity contribution in [2.45, 2.75) is 20.8 Å². The molecule has 0 amide bonds. The summed E-state index contributed by atoms with van der Waals surface area (Å²) < 4.78 is 5.51. The molecule has 0 spiro atoms. The van der Waals surface area contributed by atoms with Gasteiger partial charge in [0.15, 0.2) is 0 Å². The van der Waals surface area contributed by atoms with E-state index in [0.717, 1.165) is 11.5 Å². The Kier molecular flexibility index (Phi) is 1.69. The minimum atomic E-state index is 0.186. The van der Waals surface area contributed by atoms with E-state index in [1.54, 1.807) is 0 Å². The topological polar surface area (TPSA) is 13.1 Å². The SMILES string of the molecule is CC(C)(C)C1=Cc2ccc(o2)C=C1. The summed E-state index contributed by atoms with van der Waals surface area (Å²) in [6.07, 6.45) is 6.26. The second-order valence-electron chi connectivity index (χ2n) is 4.42. The fraction of sp³-hybridized carbons (Fsp3) is 0.333. The van der Waals surface area contributed by atoms with Crippen LogP contribution in [-0.2, 0) is 0 Å². The number of allylic oxidation sites excluding steroid dienone is 2. The van der Waals surface area contributed by atoms with Crippen molar-refractivity contribution >= 4 is 12.2 Å². The molecule has 2 rings (SSSR count). The molecule has 2 heterocycles. The molecule has 1 aliphatic heterocycles. The smallest absolute Gasteiger partial charge is 0.127 e. The Morgan fingerprint density at radius 3 is 2.38 bits per heavy atom. The highest BCUT2D eigenvalue weighted by Gasteiger charge is 2.16. The Balaban J connectivity index is 2.46. The van der Waals surface area contributed by atoms with Crippen LogP contribution in [0.15, 0.2) is 28.2 Å². The first-order chi connectivity index (χ1) is 6.05. The van der Waals surface area contributed by atoms with Gasteiger partial charge < -0.3 is 4.42 Å². The van der Waals surface area contributed by atoms with Crippen LogP contribution in [0.5, 0.6) is 0 Å². The van der Waals surface area contributed by atoms with Gasteiger partial charge in [-0.15, -0.1) is 0 Å². The van der Waals surface area contributed by atoms with Crippen molar-refractivity contribution in [3.05, 3.63) is 35.3 Å². The summed E-state index contributed by atoms with van der Waals surface area (Å²) in [5.41, 5.74) is 1.49. The summed E-state index contributed by atoms with van der Waals surface area (Å²) in [5, 5.41) is 0. The van der Waals surface area contributed by atoms with Crippen LogP contribution in [0.1, 0.15) is 32.3 Å². The van der Waals surface area contributed by atoms with Gasteiger partial charge in [0.05, 0.1) is 0 Å². The largest absolute Gasteiger partial charge is 0.457 e. The van der Waals surface area contributed by atoms with Gasteiger partial charge in [0.2, 0.25) is 0 Å². The quantitative estimate of drug-likeness (QED) is 0.584. The maximum atomic E-state index is 5.51. The third kappa shape index (κ3) is 1.59. The number of hydrogen-bond donors (Lipinski definition) is 0. The average molecular weight is 174 g/mol. The fourth-order valence-corrected chi connectivity index (χ4v) is 1.38. The summed E-state index contributed by atoms with van der Waals surface area (Å²) in [6, 6.07) is 3.99. The van der Waals surface area contributed by atoms with Crippen molar-refractivity contribution in [3.8, 4) is 0 Å². The Labute approximate surface area is 78.8 Å². The lowest BCUT2D eigenvalue weighted by molar-refractivity contribution is 0.518. The molecule has 13 heavy (non-hydrogen) atoms. The molecule has 1 aromatic heterocycles. The highest BCUT2D eigenvalue weighted by molar-refractivity contribution is 5.63. The average Bonchev–Trinajstić information content (AvgIpc) is 2.27. The number of furan rings is 1. The van der Waals surface area contributed by atoms with Crippen molar-refractivity contribution in [2.24, 2.45) is 5.41 Å². The van der Waals surface area contributed by atoms with Crippen molar-refractivity contribution in [2.75, 3.05) is 0 Å². The zero-order valence-corrected chi connectivity index (χ0v) is 8.29. The molecule has 0 saturated carbocycles. The van der Waals surface area contributed by atoms with Gasteiger partial charge in [-0.25, -0.2) is 0 Å². The van der Waals surface area contributed by atoms with Gasteiger partial charge in [-0.1, -0.05) is 26.8 Å². The molecule has 0 unspecified atom stereocenters. The van der Waals surface area contributed by atoms with E-state index in [0.29, 0.717) is 0 Å². The van der Waals surface area contributed by atoms with E-state index >= 15 is 0 Å². The minimum Gasteiger partial charge on any atom is -0.457 e. The molecular weight excluding hydrogens is 160 g/mol. The molecular formula is C12H14O. The standard InChI is InChI=1S/C12H14O/c1-12(2,3)9-4-5-10-6-7-11(8-9)13-10/h4-8H,1-3H3. The van der Waals surface area contributed by atoms with E-state index in [1.165, 1.54) is 5.57 Å². The summed E-state index contributed by atoms with van der Waals surface area (Å²) >= 11 is 0. The Hall–Kier alpha value is -1.24. The third-order valence-corrected chi connectivity index (χ3v) is 2.24. The first-order valence-corrected chi connectivity index (χ1v) is 4.56. The minimum absolute atomic E-state index is 0.186. The predicted octanol–water partition coefficient (Wildman–Crippen LogP) is 3.74. The van der Waals surface area contributed by atoms with Gasteiger partial charge in [-0.05, 0) is 35.3 Å². The molecule has 0 saturated heterocycles. The van der Waals surface area contributed by atoms with E-state index in [4.69, 9.17) is 4.42 Å². The van der Waals surface area contributed by atoms with Gasteiger partial charge in [-0.2, -0.15) is 0 Å². The molecule has 0 aliphatic carbocycles. The summed E-state index contributed by atoms with van der Waals surface area (Å²) in [7, 11) is 0. The monoisotopic (exact) mass is 174 g/mol. The second kappa shape index (κ2) is 2.63.